The van der Waals surface area contributed by atoms with Gasteiger partial charge in [-0.3, -0.25) is 4.79 Å². The molecule has 8 heteroatoms. The number of hydrogen-bond acceptors (Lipinski definition) is 6. The Morgan fingerprint density at radius 3 is 2.60 bits per heavy atom. The van der Waals surface area contributed by atoms with Crippen LogP contribution in [0, 0.1) is 13.8 Å². The molecule has 0 spiro atoms. The Labute approximate surface area is 178 Å². The highest BCUT2D eigenvalue weighted by atomic mass is 32.1. The van der Waals surface area contributed by atoms with E-state index in [1.54, 1.807) is 16.2 Å². The van der Waals surface area contributed by atoms with Crippen LogP contribution < -0.4 is 4.90 Å². The zero-order valence-corrected chi connectivity index (χ0v) is 17.9. The lowest BCUT2D eigenvalue weighted by atomic mass is 10.1. The van der Waals surface area contributed by atoms with Gasteiger partial charge >= 0.3 is 0 Å². The van der Waals surface area contributed by atoms with Crippen LogP contribution in [-0.2, 0) is 11.3 Å². The summed E-state index contributed by atoms with van der Waals surface area (Å²) in [5.74, 6) is 0.550. The Kier molecular flexibility index (Phi) is 5.67. The van der Waals surface area contributed by atoms with E-state index in [2.05, 4.69) is 37.7 Å². The third kappa shape index (κ3) is 4.13. The summed E-state index contributed by atoms with van der Waals surface area (Å²) in [6.45, 7) is 6.40. The molecule has 0 unspecified atom stereocenters. The van der Waals surface area contributed by atoms with Gasteiger partial charge in [-0.25, -0.2) is 4.98 Å². The van der Waals surface area contributed by atoms with Crippen LogP contribution in [0.3, 0.4) is 0 Å². The minimum absolute atomic E-state index is 0.0514. The summed E-state index contributed by atoms with van der Waals surface area (Å²) in [5.41, 5.74) is 4.83. The molecule has 0 radical (unpaired) electrons. The third-order valence-electron chi connectivity index (χ3n) is 4.80. The number of rotatable bonds is 6. The molecule has 0 saturated heterocycles. The van der Waals surface area contributed by atoms with Crippen LogP contribution in [-0.4, -0.2) is 31.5 Å². The fourth-order valence-electron chi connectivity index (χ4n) is 3.40. The third-order valence-corrected chi connectivity index (χ3v) is 5.92. The summed E-state index contributed by atoms with van der Waals surface area (Å²) in [7, 11) is 0. The van der Waals surface area contributed by atoms with Crippen molar-refractivity contribution >= 4 is 22.9 Å². The van der Waals surface area contributed by atoms with Crippen molar-refractivity contribution in [3.8, 4) is 21.8 Å². The molecule has 0 bridgehead atoms. The van der Waals surface area contributed by atoms with Crippen molar-refractivity contribution in [2.75, 3.05) is 4.90 Å². The van der Waals surface area contributed by atoms with Crippen LogP contribution in [0.5, 0.6) is 0 Å². The molecule has 152 valence electrons. The van der Waals surface area contributed by atoms with E-state index < -0.39 is 0 Å². The van der Waals surface area contributed by atoms with Crippen LogP contribution in [0.1, 0.15) is 29.6 Å². The fraction of sp³-hybridized carbons (Fsp3) is 0.227. The second-order valence-corrected chi connectivity index (χ2v) is 8.17. The summed E-state index contributed by atoms with van der Waals surface area (Å²) < 4.78 is 0. The molecule has 4 aromatic rings. The first-order chi connectivity index (χ1) is 14.5. The van der Waals surface area contributed by atoms with Crippen molar-refractivity contribution in [2.45, 2.75) is 33.7 Å². The summed E-state index contributed by atoms with van der Waals surface area (Å²) >= 11 is 1.69. The minimum atomic E-state index is 0.0514. The van der Waals surface area contributed by atoms with E-state index in [0.29, 0.717) is 18.8 Å². The molecule has 7 nitrogen and oxygen atoms in total. The second-order valence-electron chi connectivity index (χ2n) is 6.97. The van der Waals surface area contributed by atoms with Crippen LogP contribution in [0.4, 0.5) is 5.69 Å². The Morgan fingerprint density at radius 2 is 1.90 bits per heavy atom. The lowest BCUT2D eigenvalue weighted by Gasteiger charge is -2.23. The van der Waals surface area contributed by atoms with Gasteiger partial charge in [-0.1, -0.05) is 37.3 Å². The highest BCUT2D eigenvalue weighted by molar-refractivity contribution is 7.15. The van der Waals surface area contributed by atoms with Crippen molar-refractivity contribution < 1.29 is 4.79 Å². The predicted octanol–water partition coefficient (Wildman–Crippen LogP) is 4.55. The first-order valence-electron chi connectivity index (χ1n) is 9.72. The zero-order valence-electron chi connectivity index (χ0n) is 17.1. The molecule has 1 N–H and O–H groups in total. The standard InChI is InChI=1S/C22H22N6OS/c1-4-20(29)28(19-10-6-9-18(12-19)22-24-26-27-25-22)13-16-7-5-8-17(11-16)21-14(2)23-15(3)30-21/h5-12H,4,13H2,1-3H3,(H,24,25,26,27). The number of amides is 1. The van der Waals surface area contributed by atoms with Crippen LogP contribution in [0.25, 0.3) is 21.8 Å². The number of aromatic nitrogens is 5. The number of aryl methyl sites for hydroxylation is 2. The number of aromatic amines is 1. The summed E-state index contributed by atoms with van der Waals surface area (Å²) in [6.07, 6.45) is 0.416. The van der Waals surface area contributed by atoms with Crippen molar-refractivity contribution in [3.05, 3.63) is 64.8 Å². The van der Waals surface area contributed by atoms with Gasteiger partial charge in [0.25, 0.3) is 0 Å². The number of H-pyrrole nitrogens is 1. The van der Waals surface area contributed by atoms with Crippen molar-refractivity contribution in [2.24, 2.45) is 0 Å². The molecule has 2 aromatic heterocycles. The maximum Gasteiger partial charge on any atom is 0.227 e. The van der Waals surface area contributed by atoms with E-state index >= 15 is 0 Å². The number of carbonyl (C=O) groups is 1. The van der Waals surface area contributed by atoms with Gasteiger partial charge in [0.1, 0.15) is 0 Å². The lowest BCUT2D eigenvalue weighted by Crippen LogP contribution is -2.29. The molecule has 0 aliphatic rings. The van der Waals surface area contributed by atoms with E-state index in [-0.39, 0.29) is 5.91 Å². The zero-order chi connectivity index (χ0) is 21.1. The molecular weight excluding hydrogens is 396 g/mol. The summed E-state index contributed by atoms with van der Waals surface area (Å²) in [4.78, 5) is 20.3. The van der Waals surface area contributed by atoms with Crippen LogP contribution >= 0.6 is 11.3 Å². The number of carbonyl (C=O) groups excluding carboxylic acids is 1. The Morgan fingerprint density at radius 1 is 1.10 bits per heavy atom. The molecule has 0 aliphatic heterocycles. The average Bonchev–Trinajstić information content (AvgIpc) is 3.41. The number of thiazole rings is 1. The monoisotopic (exact) mass is 418 g/mol. The molecule has 0 saturated carbocycles. The topological polar surface area (TPSA) is 87.7 Å². The van der Waals surface area contributed by atoms with Crippen molar-refractivity contribution in [1.82, 2.24) is 25.6 Å². The molecule has 2 heterocycles. The normalized spacial score (nSPS) is 10.9. The number of nitrogens with zero attached hydrogens (tertiary/aromatic N) is 5. The Bertz CT molecular complexity index is 1170. The first-order valence-corrected chi connectivity index (χ1v) is 10.5. The SMILES string of the molecule is CCC(=O)N(Cc1cccc(-c2sc(C)nc2C)c1)c1cccc(-c2nn[nH]n2)c1. The first kappa shape index (κ1) is 19.9. The molecule has 0 aliphatic carbocycles. The number of tetrazole rings is 1. The lowest BCUT2D eigenvalue weighted by molar-refractivity contribution is -0.118. The molecule has 0 atom stereocenters. The second kappa shape index (κ2) is 8.54. The van der Waals surface area contributed by atoms with E-state index in [9.17, 15) is 4.79 Å². The Hall–Kier alpha value is -3.39. The molecule has 1 amide bonds. The Balaban J connectivity index is 1.67. The highest BCUT2D eigenvalue weighted by Gasteiger charge is 2.17. The van der Waals surface area contributed by atoms with Gasteiger partial charge in [-0.2, -0.15) is 5.21 Å². The van der Waals surface area contributed by atoms with Gasteiger partial charge in [0.15, 0.2) is 0 Å². The van der Waals surface area contributed by atoms with Gasteiger partial charge in [0.05, 0.1) is 22.1 Å². The van der Waals surface area contributed by atoms with Crippen molar-refractivity contribution in [3.63, 3.8) is 0 Å². The smallest absolute Gasteiger partial charge is 0.227 e. The van der Waals surface area contributed by atoms with Gasteiger partial charge in [-0.15, -0.1) is 21.5 Å². The van der Waals surface area contributed by atoms with E-state index in [0.717, 1.165) is 33.1 Å². The largest absolute Gasteiger partial charge is 0.308 e. The maximum atomic E-state index is 12.8. The summed E-state index contributed by atoms with van der Waals surface area (Å²) in [6, 6.07) is 16.0. The molecular formula is C22H22N6OS. The molecule has 4 rings (SSSR count). The number of anilines is 1. The molecule has 2 aromatic carbocycles. The number of benzene rings is 2. The highest BCUT2D eigenvalue weighted by Crippen LogP contribution is 2.31. The average molecular weight is 419 g/mol. The maximum absolute atomic E-state index is 12.8. The minimum Gasteiger partial charge on any atom is -0.308 e. The molecule has 0 fully saturated rings. The summed E-state index contributed by atoms with van der Waals surface area (Å²) in [5, 5.41) is 15.2. The number of nitrogens with one attached hydrogen (secondary N) is 1. The van der Waals surface area contributed by atoms with Gasteiger partial charge in [-0.05, 0) is 48.4 Å². The van der Waals surface area contributed by atoms with Gasteiger partial charge in [0, 0.05) is 17.7 Å². The van der Waals surface area contributed by atoms with Gasteiger partial charge in [0.2, 0.25) is 11.7 Å². The van der Waals surface area contributed by atoms with E-state index in [1.165, 1.54) is 4.88 Å². The number of hydrogen-bond donors (Lipinski definition) is 1. The molecule has 30 heavy (non-hydrogen) atoms. The van der Waals surface area contributed by atoms with E-state index in [4.69, 9.17) is 0 Å². The fourth-order valence-corrected chi connectivity index (χ4v) is 4.32. The van der Waals surface area contributed by atoms with Gasteiger partial charge < -0.3 is 4.90 Å². The quantitative estimate of drug-likeness (QED) is 0.496. The van der Waals surface area contributed by atoms with E-state index in [1.807, 2.05) is 57.2 Å². The van der Waals surface area contributed by atoms with Crippen molar-refractivity contribution in [1.29, 1.82) is 0 Å². The predicted molar refractivity (Wildman–Crippen MR) is 118 cm³/mol. The van der Waals surface area contributed by atoms with Crippen LogP contribution in [0.2, 0.25) is 0 Å². The van der Waals surface area contributed by atoms with Crippen LogP contribution in [0.15, 0.2) is 48.5 Å².